The van der Waals surface area contributed by atoms with Crippen molar-refractivity contribution in [2.75, 3.05) is 6.54 Å². The fourth-order valence-corrected chi connectivity index (χ4v) is 2.37. The number of nitrogens with one attached hydrogen (secondary N) is 2. The van der Waals surface area contributed by atoms with E-state index >= 15 is 0 Å². The number of nitrogens with zero attached hydrogens (tertiary/aromatic N) is 1. The number of amides is 1. The molecule has 0 atom stereocenters. The second-order valence-corrected chi connectivity index (χ2v) is 4.88. The summed E-state index contributed by atoms with van der Waals surface area (Å²) in [5.41, 5.74) is 3.25. The van der Waals surface area contributed by atoms with Gasteiger partial charge in [-0.15, -0.1) is 0 Å². The van der Waals surface area contributed by atoms with Gasteiger partial charge in [-0.2, -0.15) is 0 Å². The normalized spacial score (nSPS) is 14.3. The summed E-state index contributed by atoms with van der Waals surface area (Å²) in [6, 6.07) is 7.50. The quantitative estimate of drug-likeness (QED) is 0.806. The Bertz CT molecular complexity index is 667. The predicted octanol–water partition coefficient (Wildman–Crippen LogP) is 1.21. The van der Waals surface area contributed by atoms with E-state index in [4.69, 9.17) is 0 Å². The van der Waals surface area contributed by atoms with E-state index in [1.807, 2.05) is 31.2 Å². The summed E-state index contributed by atoms with van der Waals surface area (Å²) in [7, 11) is 0. The molecular weight excluding hydrogens is 242 g/mol. The Hall–Kier alpha value is -2.30. The van der Waals surface area contributed by atoms with Crippen molar-refractivity contribution in [3.05, 3.63) is 57.0 Å². The van der Waals surface area contributed by atoms with Crippen LogP contribution in [0.4, 0.5) is 0 Å². The Labute approximate surface area is 110 Å². The molecule has 0 fully saturated rings. The smallest absolute Gasteiger partial charge is 0.269 e. The largest absolute Gasteiger partial charge is 0.334 e. The molecule has 5 heteroatoms. The first-order valence-electron chi connectivity index (χ1n) is 6.29. The zero-order valence-electron chi connectivity index (χ0n) is 10.7. The van der Waals surface area contributed by atoms with Crippen molar-refractivity contribution in [3.8, 4) is 0 Å². The molecule has 1 aliphatic heterocycles. The van der Waals surface area contributed by atoms with Gasteiger partial charge >= 0.3 is 0 Å². The monoisotopic (exact) mass is 257 g/mol. The molecule has 2 N–H and O–H groups in total. The minimum atomic E-state index is -0.128. The number of aryl methyl sites for hydroxylation is 1. The molecule has 1 aromatic carbocycles. The maximum absolute atomic E-state index is 12.4. The minimum absolute atomic E-state index is 0.0220. The van der Waals surface area contributed by atoms with E-state index in [2.05, 4.69) is 10.2 Å². The molecule has 0 unspecified atom stereocenters. The summed E-state index contributed by atoms with van der Waals surface area (Å²) in [6.07, 6.45) is 0.686. The highest BCUT2D eigenvalue weighted by Gasteiger charge is 2.24. The molecule has 5 nitrogen and oxygen atoms in total. The van der Waals surface area contributed by atoms with Crippen molar-refractivity contribution in [2.45, 2.75) is 19.9 Å². The lowest BCUT2D eigenvalue weighted by Crippen LogP contribution is -2.37. The molecule has 19 heavy (non-hydrogen) atoms. The van der Waals surface area contributed by atoms with Crippen LogP contribution in [-0.4, -0.2) is 27.5 Å². The van der Waals surface area contributed by atoms with Gasteiger partial charge in [-0.1, -0.05) is 17.7 Å². The number of rotatable bonds is 1. The van der Waals surface area contributed by atoms with Gasteiger partial charge in [0.25, 0.3) is 11.5 Å². The van der Waals surface area contributed by atoms with Crippen molar-refractivity contribution >= 4 is 5.91 Å². The van der Waals surface area contributed by atoms with Crippen molar-refractivity contribution in [3.63, 3.8) is 0 Å². The van der Waals surface area contributed by atoms with Gasteiger partial charge in [-0.3, -0.25) is 14.7 Å². The first-order chi connectivity index (χ1) is 9.15. The third kappa shape index (κ3) is 2.07. The van der Waals surface area contributed by atoms with Crippen LogP contribution >= 0.6 is 0 Å². The highest BCUT2D eigenvalue weighted by molar-refractivity contribution is 5.94. The first kappa shape index (κ1) is 11.8. The van der Waals surface area contributed by atoms with Crippen LogP contribution in [0.15, 0.2) is 29.1 Å². The van der Waals surface area contributed by atoms with Crippen LogP contribution in [0.2, 0.25) is 0 Å². The van der Waals surface area contributed by atoms with E-state index in [9.17, 15) is 9.59 Å². The van der Waals surface area contributed by atoms with E-state index in [-0.39, 0.29) is 11.5 Å². The van der Waals surface area contributed by atoms with Crippen molar-refractivity contribution in [1.82, 2.24) is 15.1 Å². The van der Waals surface area contributed by atoms with Crippen LogP contribution < -0.4 is 5.56 Å². The Kier molecular flexibility index (Phi) is 2.74. The second-order valence-electron chi connectivity index (χ2n) is 4.88. The van der Waals surface area contributed by atoms with Crippen molar-refractivity contribution < 1.29 is 4.79 Å². The molecule has 1 aliphatic rings. The Balaban J connectivity index is 1.85. The van der Waals surface area contributed by atoms with Crippen LogP contribution in [0, 0.1) is 6.92 Å². The second kappa shape index (κ2) is 4.42. The highest BCUT2D eigenvalue weighted by Crippen LogP contribution is 2.16. The summed E-state index contributed by atoms with van der Waals surface area (Å²) >= 11 is 0. The van der Waals surface area contributed by atoms with Crippen molar-refractivity contribution in [2.24, 2.45) is 0 Å². The van der Waals surface area contributed by atoms with Gasteiger partial charge in [0.15, 0.2) is 0 Å². The van der Waals surface area contributed by atoms with Gasteiger partial charge < -0.3 is 10.00 Å². The molecule has 0 saturated heterocycles. The van der Waals surface area contributed by atoms with Gasteiger partial charge in [-0.25, -0.2) is 0 Å². The number of hydrogen-bond donors (Lipinski definition) is 2. The SMILES string of the molecule is Cc1ccc(C(=O)N2CCc3[nH][nH]c(=O)c3C2)cc1. The average molecular weight is 257 g/mol. The molecule has 0 aliphatic carbocycles. The zero-order chi connectivity index (χ0) is 13.4. The number of carbonyl (C=O) groups is 1. The van der Waals surface area contributed by atoms with Gasteiger partial charge in [0, 0.05) is 24.2 Å². The molecule has 2 aromatic rings. The number of aromatic nitrogens is 2. The molecule has 2 heterocycles. The number of fused-ring (bicyclic) bond motifs is 1. The van der Waals surface area contributed by atoms with Gasteiger partial charge in [-0.05, 0) is 19.1 Å². The van der Waals surface area contributed by atoms with E-state index in [1.165, 1.54) is 0 Å². The Morgan fingerprint density at radius 1 is 1.21 bits per heavy atom. The van der Waals surface area contributed by atoms with E-state index in [0.29, 0.717) is 30.6 Å². The predicted molar refractivity (Wildman–Crippen MR) is 71.0 cm³/mol. The summed E-state index contributed by atoms with van der Waals surface area (Å²) < 4.78 is 0. The van der Waals surface area contributed by atoms with E-state index in [1.54, 1.807) is 4.90 Å². The van der Waals surface area contributed by atoms with Gasteiger partial charge in [0.1, 0.15) is 0 Å². The number of H-pyrrole nitrogens is 2. The fourth-order valence-electron chi connectivity index (χ4n) is 2.37. The maximum Gasteiger partial charge on any atom is 0.269 e. The third-order valence-corrected chi connectivity index (χ3v) is 3.53. The molecule has 0 saturated carbocycles. The molecule has 3 rings (SSSR count). The molecular formula is C14H15N3O2. The standard InChI is InChI=1S/C14H15N3O2/c1-9-2-4-10(5-3-9)14(19)17-7-6-12-11(8-17)13(18)16-15-12/h2-5H,6-8H2,1H3,(H2,15,16,18). The number of hydrogen-bond acceptors (Lipinski definition) is 2. The van der Waals surface area contributed by atoms with Crippen LogP contribution in [0.1, 0.15) is 27.2 Å². The van der Waals surface area contributed by atoms with Crippen LogP contribution in [-0.2, 0) is 13.0 Å². The molecule has 0 bridgehead atoms. The summed E-state index contributed by atoms with van der Waals surface area (Å²) in [5, 5.41) is 5.42. The Morgan fingerprint density at radius 2 is 1.95 bits per heavy atom. The fraction of sp³-hybridized carbons (Fsp3) is 0.286. The lowest BCUT2D eigenvalue weighted by atomic mass is 10.1. The van der Waals surface area contributed by atoms with Gasteiger partial charge in [0.2, 0.25) is 0 Å². The van der Waals surface area contributed by atoms with Crippen LogP contribution in [0.3, 0.4) is 0 Å². The third-order valence-electron chi connectivity index (χ3n) is 3.53. The molecule has 0 radical (unpaired) electrons. The number of aromatic amines is 2. The molecule has 1 amide bonds. The highest BCUT2D eigenvalue weighted by atomic mass is 16.2. The van der Waals surface area contributed by atoms with Gasteiger partial charge in [0.05, 0.1) is 12.1 Å². The number of benzene rings is 1. The zero-order valence-corrected chi connectivity index (χ0v) is 10.7. The lowest BCUT2D eigenvalue weighted by Gasteiger charge is -2.26. The summed E-state index contributed by atoms with van der Waals surface area (Å²) in [5.74, 6) is -0.0220. The minimum Gasteiger partial charge on any atom is -0.334 e. The van der Waals surface area contributed by atoms with Crippen LogP contribution in [0.5, 0.6) is 0 Å². The van der Waals surface area contributed by atoms with Crippen LogP contribution in [0.25, 0.3) is 0 Å². The van der Waals surface area contributed by atoms with E-state index in [0.717, 1.165) is 11.3 Å². The lowest BCUT2D eigenvalue weighted by molar-refractivity contribution is 0.0734. The molecule has 98 valence electrons. The number of carbonyl (C=O) groups excluding carboxylic acids is 1. The average Bonchev–Trinajstić information content (AvgIpc) is 2.80. The molecule has 1 aromatic heterocycles. The van der Waals surface area contributed by atoms with Crippen molar-refractivity contribution in [1.29, 1.82) is 0 Å². The first-order valence-corrected chi connectivity index (χ1v) is 6.29. The molecule has 0 spiro atoms. The summed E-state index contributed by atoms with van der Waals surface area (Å²) in [6.45, 7) is 3.00. The Morgan fingerprint density at radius 3 is 2.68 bits per heavy atom. The summed E-state index contributed by atoms with van der Waals surface area (Å²) in [4.78, 5) is 25.7. The van der Waals surface area contributed by atoms with E-state index < -0.39 is 0 Å². The maximum atomic E-state index is 12.4. The topological polar surface area (TPSA) is 69.0 Å².